The van der Waals surface area contributed by atoms with E-state index in [0.717, 1.165) is 71.0 Å². The maximum Gasteiger partial charge on any atom is 0.0650 e. The van der Waals surface area contributed by atoms with Gasteiger partial charge in [-0.1, -0.05) is 39.3 Å². The number of rotatable bonds is 3. The van der Waals surface area contributed by atoms with Crippen LogP contribution in [0, 0.1) is 17.8 Å². The lowest BCUT2D eigenvalue weighted by Gasteiger charge is -2.29. The first kappa shape index (κ1) is 24.6. The lowest BCUT2D eigenvalue weighted by molar-refractivity contribution is 0.0238. The summed E-state index contributed by atoms with van der Waals surface area (Å²) in [7, 11) is 0. The molecule has 2 fully saturated rings. The maximum absolute atomic E-state index is 5.25. The van der Waals surface area contributed by atoms with Gasteiger partial charge in [-0.3, -0.25) is 4.90 Å². The SMILES string of the molecule is CC(C)C1=CCOCC1.CC(C)C1CCOCC1.CC(C)N1CCOCC1. The fourth-order valence-electron chi connectivity index (χ4n) is 3.54. The molecule has 4 nitrogen and oxygen atoms in total. The van der Waals surface area contributed by atoms with Gasteiger partial charge < -0.3 is 14.2 Å². The number of nitrogens with zero attached hydrogens (tertiary/aromatic N) is 1. The molecule has 0 saturated carbocycles. The van der Waals surface area contributed by atoms with Gasteiger partial charge in [0.25, 0.3) is 0 Å². The predicted molar refractivity (Wildman–Crippen MR) is 114 cm³/mol. The first-order valence-electron chi connectivity index (χ1n) is 11.1. The Balaban J connectivity index is 0.000000202. The van der Waals surface area contributed by atoms with E-state index in [2.05, 4.69) is 52.5 Å². The summed E-state index contributed by atoms with van der Waals surface area (Å²) < 4.78 is 15.6. The lowest BCUT2D eigenvalue weighted by atomic mass is 9.89. The van der Waals surface area contributed by atoms with Crippen molar-refractivity contribution < 1.29 is 14.2 Å². The highest BCUT2D eigenvalue weighted by molar-refractivity contribution is 5.06. The van der Waals surface area contributed by atoms with Gasteiger partial charge in [-0.25, -0.2) is 0 Å². The normalized spacial score (nSPS) is 22.0. The highest BCUT2D eigenvalue weighted by Crippen LogP contribution is 2.22. The molecule has 0 spiro atoms. The summed E-state index contributed by atoms with van der Waals surface area (Å²) in [5, 5.41) is 0. The lowest BCUT2D eigenvalue weighted by Crippen LogP contribution is -2.40. The van der Waals surface area contributed by atoms with Gasteiger partial charge in [0, 0.05) is 32.3 Å². The second-order valence-corrected chi connectivity index (χ2v) is 8.69. The van der Waals surface area contributed by atoms with Crippen molar-refractivity contribution in [2.75, 3.05) is 52.7 Å². The Kier molecular flexibility index (Phi) is 13.3. The fourth-order valence-corrected chi connectivity index (χ4v) is 3.54. The Morgan fingerprint density at radius 2 is 1.41 bits per heavy atom. The van der Waals surface area contributed by atoms with Crippen LogP contribution >= 0.6 is 0 Å². The van der Waals surface area contributed by atoms with Crippen LogP contribution in [0.5, 0.6) is 0 Å². The molecule has 4 heteroatoms. The number of morpholine rings is 1. The van der Waals surface area contributed by atoms with Gasteiger partial charge in [-0.15, -0.1) is 0 Å². The minimum Gasteiger partial charge on any atom is -0.381 e. The summed E-state index contributed by atoms with van der Waals surface area (Å²) in [5.41, 5.74) is 1.56. The summed E-state index contributed by atoms with van der Waals surface area (Å²) in [6, 6.07) is 0.689. The van der Waals surface area contributed by atoms with Crippen LogP contribution < -0.4 is 0 Å². The predicted octanol–water partition coefficient (Wildman–Crippen LogP) is 4.79. The minimum atomic E-state index is 0.689. The molecule has 0 bridgehead atoms. The molecule has 27 heavy (non-hydrogen) atoms. The zero-order chi connectivity index (χ0) is 20.1. The summed E-state index contributed by atoms with van der Waals surface area (Å²) >= 11 is 0. The van der Waals surface area contributed by atoms with Crippen LogP contribution in [-0.2, 0) is 14.2 Å². The molecule has 0 aromatic rings. The molecule has 3 aliphatic heterocycles. The topological polar surface area (TPSA) is 30.9 Å². The summed E-state index contributed by atoms with van der Waals surface area (Å²) in [6.45, 7) is 21.3. The molecule has 0 aliphatic carbocycles. The van der Waals surface area contributed by atoms with Crippen molar-refractivity contribution in [3.05, 3.63) is 11.6 Å². The first-order chi connectivity index (χ1) is 12.9. The molecule has 160 valence electrons. The van der Waals surface area contributed by atoms with Crippen molar-refractivity contribution in [3.63, 3.8) is 0 Å². The van der Waals surface area contributed by atoms with Gasteiger partial charge in [-0.2, -0.15) is 0 Å². The summed E-state index contributed by atoms with van der Waals surface area (Å²) in [5.74, 6) is 2.50. The molecule has 0 aromatic heterocycles. The molecular weight excluding hydrogens is 338 g/mol. The van der Waals surface area contributed by atoms with Crippen molar-refractivity contribution in [1.29, 1.82) is 0 Å². The van der Waals surface area contributed by atoms with Crippen LogP contribution in [0.15, 0.2) is 11.6 Å². The van der Waals surface area contributed by atoms with E-state index in [0.29, 0.717) is 12.0 Å². The second kappa shape index (κ2) is 14.6. The molecule has 2 saturated heterocycles. The third-order valence-electron chi connectivity index (χ3n) is 5.72. The summed E-state index contributed by atoms with van der Waals surface area (Å²) in [4.78, 5) is 2.43. The van der Waals surface area contributed by atoms with E-state index in [9.17, 15) is 0 Å². The Morgan fingerprint density at radius 3 is 1.74 bits per heavy atom. The standard InChI is InChI=1S/C8H16O.C8H14O.C7H15NO/c3*1-7(2)8-3-5-9-6-4-8/h7-8H,3-6H2,1-2H3;3,7H,4-6H2,1-2H3;7H,3-6H2,1-2H3. The molecular formula is C23H45NO3. The minimum absolute atomic E-state index is 0.689. The van der Waals surface area contributed by atoms with E-state index in [1.165, 1.54) is 12.8 Å². The average Bonchev–Trinajstić information content (AvgIpc) is 2.71. The molecule has 0 aromatic carbocycles. The van der Waals surface area contributed by atoms with Gasteiger partial charge in [0.15, 0.2) is 0 Å². The molecule has 0 atom stereocenters. The maximum atomic E-state index is 5.25. The van der Waals surface area contributed by atoms with E-state index in [1.54, 1.807) is 5.57 Å². The molecule has 0 N–H and O–H groups in total. The molecule has 0 unspecified atom stereocenters. The zero-order valence-corrected chi connectivity index (χ0v) is 18.8. The monoisotopic (exact) mass is 383 g/mol. The van der Waals surface area contributed by atoms with Gasteiger partial charge in [-0.05, 0) is 50.9 Å². The third-order valence-corrected chi connectivity index (χ3v) is 5.72. The number of hydrogen-bond acceptors (Lipinski definition) is 4. The second-order valence-electron chi connectivity index (χ2n) is 8.69. The molecule has 3 rings (SSSR count). The molecule has 3 aliphatic rings. The van der Waals surface area contributed by atoms with Crippen LogP contribution in [0.1, 0.15) is 60.8 Å². The first-order valence-corrected chi connectivity index (χ1v) is 11.1. The van der Waals surface area contributed by atoms with Crippen LogP contribution in [0.3, 0.4) is 0 Å². The van der Waals surface area contributed by atoms with Gasteiger partial charge in [0.05, 0.1) is 26.4 Å². The van der Waals surface area contributed by atoms with Gasteiger partial charge in [0.2, 0.25) is 0 Å². The smallest absolute Gasteiger partial charge is 0.0650 e. The van der Waals surface area contributed by atoms with Crippen LogP contribution in [-0.4, -0.2) is 63.7 Å². The average molecular weight is 384 g/mol. The van der Waals surface area contributed by atoms with Crippen LogP contribution in [0.25, 0.3) is 0 Å². The van der Waals surface area contributed by atoms with Crippen molar-refractivity contribution >= 4 is 0 Å². The van der Waals surface area contributed by atoms with Crippen LogP contribution in [0.4, 0.5) is 0 Å². The molecule has 3 heterocycles. The Bertz CT molecular complexity index is 359. The largest absolute Gasteiger partial charge is 0.381 e. The van der Waals surface area contributed by atoms with Gasteiger partial charge >= 0.3 is 0 Å². The van der Waals surface area contributed by atoms with E-state index < -0.39 is 0 Å². The summed E-state index contributed by atoms with van der Waals surface area (Å²) in [6.07, 6.45) is 5.89. The number of ether oxygens (including phenoxy) is 3. The van der Waals surface area contributed by atoms with E-state index in [-0.39, 0.29) is 0 Å². The van der Waals surface area contributed by atoms with E-state index >= 15 is 0 Å². The van der Waals surface area contributed by atoms with E-state index in [4.69, 9.17) is 14.2 Å². The fraction of sp³-hybridized carbons (Fsp3) is 0.913. The van der Waals surface area contributed by atoms with Gasteiger partial charge in [0.1, 0.15) is 0 Å². The molecule has 0 amide bonds. The molecule has 0 radical (unpaired) electrons. The van der Waals surface area contributed by atoms with E-state index in [1.807, 2.05) is 0 Å². The number of hydrogen-bond donors (Lipinski definition) is 0. The van der Waals surface area contributed by atoms with Crippen molar-refractivity contribution in [2.24, 2.45) is 17.8 Å². The van der Waals surface area contributed by atoms with Crippen LogP contribution in [0.2, 0.25) is 0 Å². The highest BCUT2D eigenvalue weighted by Gasteiger charge is 2.16. The van der Waals surface area contributed by atoms with Crippen molar-refractivity contribution in [3.8, 4) is 0 Å². The van der Waals surface area contributed by atoms with Crippen molar-refractivity contribution in [1.82, 2.24) is 4.90 Å². The zero-order valence-electron chi connectivity index (χ0n) is 18.8. The third kappa shape index (κ3) is 11.2. The Hall–Kier alpha value is -0.420. The Morgan fingerprint density at radius 1 is 0.815 bits per heavy atom. The highest BCUT2D eigenvalue weighted by atomic mass is 16.5. The Labute approximate surface area is 168 Å². The van der Waals surface area contributed by atoms with Crippen molar-refractivity contribution in [2.45, 2.75) is 66.8 Å². The quantitative estimate of drug-likeness (QED) is 0.656.